The number of carbonyl (C=O) groups is 1. The topological polar surface area (TPSA) is 26.3 Å². The summed E-state index contributed by atoms with van der Waals surface area (Å²) >= 11 is 3.39. The highest BCUT2D eigenvalue weighted by Gasteiger charge is 2.15. The highest BCUT2D eigenvalue weighted by Crippen LogP contribution is 2.30. The van der Waals surface area contributed by atoms with Crippen LogP contribution >= 0.6 is 15.9 Å². The Labute approximate surface area is 132 Å². The average molecular weight is 351 g/mol. The molecule has 2 rings (SSSR count). The molecule has 21 heavy (non-hydrogen) atoms. The standard InChI is InChI=1S/C17H16BrFO2/c1-3-11(2)12-8-9-16(14(18)10-12)21-17(20)13-6-4-5-7-15(13)19/h4-11H,3H2,1-2H3. The van der Waals surface area contributed by atoms with Crippen LogP contribution in [0.5, 0.6) is 5.75 Å². The van der Waals surface area contributed by atoms with Gasteiger partial charge >= 0.3 is 5.97 Å². The number of benzene rings is 2. The molecule has 0 fully saturated rings. The molecule has 0 amide bonds. The van der Waals surface area contributed by atoms with Crippen LogP contribution in [-0.4, -0.2) is 5.97 Å². The summed E-state index contributed by atoms with van der Waals surface area (Å²) in [5.41, 5.74) is 1.09. The van der Waals surface area contributed by atoms with E-state index in [2.05, 4.69) is 29.8 Å². The summed E-state index contributed by atoms with van der Waals surface area (Å²) in [6.45, 7) is 4.25. The van der Waals surface area contributed by atoms with Gasteiger partial charge in [-0.15, -0.1) is 0 Å². The molecule has 0 aromatic heterocycles. The molecule has 1 atom stereocenters. The van der Waals surface area contributed by atoms with E-state index in [1.807, 2.05) is 12.1 Å². The van der Waals surface area contributed by atoms with Crippen LogP contribution in [0.15, 0.2) is 46.9 Å². The van der Waals surface area contributed by atoms with E-state index in [9.17, 15) is 9.18 Å². The van der Waals surface area contributed by atoms with Crippen LogP contribution in [0.1, 0.15) is 42.1 Å². The first kappa shape index (κ1) is 15.7. The second kappa shape index (κ2) is 6.85. The van der Waals surface area contributed by atoms with Gasteiger partial charge in [0, 0.05) is 0 Å². The summed E-state index contributed by atoms with van der Waals surface area (Å²) in [6, 6.07) is 11.3. The maximum Gasteiger partial charge on any atom is 0.346 e. The molecule has 0 saturated carbocycles. The van der Waals surface area contributed by atoms with E-state index in [4.69, 9.17) is 4.74 Å². The smallest absolute Gasteiger partial charge is 0.346 e. The Morgan fingerprint density at radius 1 is 1.29 bits per heavy atom. The average Bonchev–Trinajstić information content (AvgIpc) is 2.48. The molecule has 0 aliphatic carbocycles. The van der Waals surface area contributed by atoms with E-state index >= 15 is 0 Å². The lowest BCUT2D eigenvalue weighted by Crippen LogP contribution is -2.11. The number of carbonyl (C=O) groups excluding carboxylic acids is 1. The Hall–Kier alpha value is -1.68. The predicted octanol–water partition coefficient (Wildman–Crippen LogP) is 5.32. The first-order chi connectivity index (χ1) is 10.0. The van der Waals surface area contributed by atoms with Crippen molar-refractivity contribution in [2.75, 3.05) is 0 Å². The van der Waals surface area contributed by atoms with Gasteiger partial charge < -0.3 is 4.74 Å². The molecular formula is C17H16BrFO2. The van der Waals surface area contributed by atoms with Crippen LogP contribution in [0, 0.1) is 5.82 Å². The Morgan fingerprint density at radius 2 is 2.00 bits per heavy atom. The van der Waals surface area contributed by atoms with Crippen molar-refractivity contribution in [2.45, 2.75) is 26.2 Å². The molecule has 0 aliphatic heterocycles. The molecule has 4 heteroatoms. The summed E-state index contributed by atoms with van der Waals surface area (Å²) in [5, 5.41) is 0. The number of halogens is 2. The third kappa shape index (κ3) is 3.70. The fourth-order valence-electron chi connectivity index (χ4n) is 1.92. The van der Waals surface area contributed by atoms with Gasteiger partial charge in [-0.1, -0.05) is 32.0 Å². The van der Waals surface area contributed by atoms with Gasteiger partial charge in [0.1, 0.15) is 11.6 Å². The zero-order valence-corrected chi connectivity index (χ0v) is 13.5. The Balaban J connectivity index is 2.20. The minimum absolute atomic E-state index is 0.0737. The van der Waals surface area contributed by atoms with Gasteiger partial charge in [-0.2, -0.15) is 0 Å². The molecule has 1 unspecified atom stereocenters. The fourth-order valence-corrected chi connectivity index (χ4v) is 2.40. The van der Waals surface area contributed by atoms with Crippen LogP contribution in [-0.2, 0) is 0 Å². The van der Waals surface area contributed by atoms with Crippen LogP contribution in [0.2, 0.25) is 0 Å². The molecule has 0 aliphatic rings. The van der Waals surface area contributed by atoms with Crippen LogP contribution < -0.4 is 4.74 Å². The van der Waals surface area contributed by atoms with Gasteiger partial charge in [-0.25, -0.2) is 9.18 Å². The highest BCUT2D eigenvalue weighted by atomic mass is 79.9. The zero-order valence-electron chi connectivity index (χ0n) is 11.9. The first-order valence-electron chi connectivity index (χ1n) is 6.79. The van der Waals surface area contributed by atoms with Crippen molar-refractivity contribution in [2.24, 2.45) is 0 Å². The van der Waals surface area contributed by atoms with Crippen molar-refractivity contribution in [3.63, 3.8) is 0 Å². The van der Waals surface area contributed by atoms with Crippen LogP contribution in [0.3, 0.4) is 0 Å². The molecular weight excluding hydrogens is 335 g/mol. The molecule has 0 heterocycles. The normalized spacial score (nSPS) is 12.0. The maximum atomic E-state index is 13.5. The Morgan fingerprint density at radius 3 is 2.62 bits per heavy atom. The largest absolute Gasteiger partial charge is 0.422 e. The van der Waals surface area contributed by atoms with E-state index in [-0.39, 0.29) is 5.56 Å². The number of rotatable bonds is 4. The van der Waals surface area contributed by atoms with Crippen LogP contribution in [0.4, 0.5) is 4.39 Å². The van der Waals surface area contributed by atoms with E-state index in [1.54, 1.807) is 12.1 Å². The summed E-state index contributed by atoms with van der Waals surface area (Å²) in [4.78, 5) is 12.0. The molecule has 0 bridgehead atoms. The molecule has 2 nitrogen and oxygen atoms in total. The number of hydrogen-bond donors (Lipinski definition) is 0. The third-order valence-corrected chi connectivity index (χ3v) is 4.05. The van der Waals surface area contributed by atoms with Crippen molar-refractivity contribution >= 4 is 21.9 Å². The van der Waals surface area contributed by atoms with E-state index in [1.165, 1.54) is 18.2 Å². The summed E-state index contributed by atoms with van der Waals surface area (Å²) in [6.07, 6.45) is 1.03. The summed E-state index contributed by atoms with van der Waals surface area (Å²) in [5.74, 6) is -0.479. The molecule has 2 aromatic rings. The SMILES string of the molecule is CCC(C)c1ccc(OC(=O)c2ccccc2F)c(Br)c1. The van der Waals surface area contributed by atoms with E-state index in [0.29, 0.717) is 16.1 Å². The number of hydrogen-bond acceptors (Lipinski definition) is 2. The molecule has 2 aromatic carbocycles. The lowest BCUT2D eigenvalue weighted by atomic mass is 9.99. The lowest BCUT2D eigenvalue weighted by molar-refractivity contribution is 0.0728. The lowest BCUT2D eigenvalue weighted by Gasteiger charge is -2.12. The fraction of sp³-hybridized carbons (Fsp3) is 0.235. The first-order valence-corrected chi connectivity index (χ1v) is 7.58. The quantitative estimate of drug-likeness (QED) is 0.550. The van der Waals surface area contributed by atoms with E-state index in [0.717, 1.165) is 12.0 Å². The minimum atomic E-state index is -0.704. The van der Waals surface area contributed by atoms with E-state index < -0.39 is 11.8 Å². The third-order valence-electron chi connectivity index (χ3n) is 3.43. The van der Waals surface area contributed by atoms with Gasteiger partial charge in [0.15, 0.2) is 0 Å². The Bertz CT molecular complexity index is 655. The second-order valence-electron chi connectivity index (χ2n) is 4.87. The van der Waals surface area contributed by atoms with Crippen molar-refractivity contribution < 1.29 is 13.9 Å². The predicted molar refractivity (Wildman–Crippen MR) is 84.2 cm³/mol. The van der Waals surface area contributed by atoms with Gasteiger partial charge in [0.05, 0.1) is 10.0 Å². The Kier molecular flexibility index (Phi) is 5.12. The van der Waals surface area contributed by atoms with Crippen LogP contribution in [0.25, 0.3) is 0 Å². The number of esters is 1. The van der Waals surface area contributed by atoms with Gasteiger partial charge in [-0.3, -0.25) is 0 Å². The van der Waals surface area contributed by atoms with Crippen molar-refractivity contribution in [1.82, 2.24) is 0 Å². The monoisotopic (exact) mass is 350 g/mol. The van der Waals surface area contributed by atoms with Crippen molar-refractivity contribution in [3.05, 3.63) is 63.9 Å². The molecule has 0 radical (unpaired) electrons. The molecule has 0 spiro atoms. The maximum absolute atomic E-state index is 13.5. The molecule has 0 N–H and O–H groups in total. The summed E-state index contributed by atoms with van der Waals surface area (Å²) in [7, 11) is 0. The second-order valence-corrected chi connectivity index (χ2v) is 5.72. The van der Waals surface area contributed by atoms with Crippen molar-refractivity contribution in [3.8, 4) is 5.75 Å². The van der Waals surface area contributed by atoms with Gasteiger partial charge in [0.2, 0.25) is 0 Å². The highest BCUT2D eigenvalue weighted by molar-refractivity contribution is 9.10. The molecule has 110 valence electrons. The van der Waals surface area contributed by atoms with Gasteiger partial charge in [-0.05, 0) is 58.1 Å². The zero-order chi connectivity index (χ0) is 15.4. The minimum Gasteiger partial charge on any atom is -0.422 e. The number of ether oxygens (including phenoxy) is 1. The molecule has 0 saturated heterocycles. The van der Waals surface area contributed by atoms with Crippen molar-refractivity contribution in [1.29, 1.82) is 0 Å². The van der Waals surface area contributed by atoms with Gasteiger partial charge in [0.25, 0.3) is 0 Å². The summed E-state index contributed by atoms with van der Waals surface area (Å²) < 4.78 is 19.5.